The third-order valence-corrected chi connectivity index (χ3v) is 6.48. The van der Waals surface area contributed by atoms with Crippen molar-refractivity contribution in [2.24, 2.45) is 0 Å². The molecule has 146 valence electrons. The van der Waals surface area contributed by atoms with Gasteiger partial charge in [0, 0.05) is 5.69 Å². The van der Waals surface area contributed by atoms with Gasteiger partial charge in [-0.15, -0.1) is 11.3 Å². The summed E-state index contributed by atoms with van der Waals surface area (Å²) < 4.78 is 6.95. The number of ether oxygens (including phenoxy) is 1. The van der Waals surface area contributed by atoms with E-state index in [0.717, 1.165) is 21.0 Å². The molecule has 1 atom stereocenters. The summed E-state index contributed by atoms with van der Waals surface area (Å²) in [4.78, 5) is 28.3. The van der Waals surface area contributed by atoms with E-state index in [-0.39, 0.29) is 18.3 Å². The Morgan fingerprint density at radius 3 is 2.64 bits per heavy atom. The van der Waals surface area contributed by atoms with Crippen molar-refractivity contribution in [1.82, 2.24) is 4.98 Å². The molecule has 0 spiro atoms. The molecule has 3 aromatic rings. The van der Waals surface area contributed by atoms with Gasteiger partial charge in [-0.25, -0.2) is 4.98 Å². The molecule has 0 unspecified atom stereocenters. The van der Waals surface area contributed by atoms with E-state index in [0.29, 0.717) is 11.6 Å². The second kappa shape index (κ2) is 9.71. The second-order valence-electron chi connectivity index (χ2n) is 6.38. The van der Waals surface area contributed by atoms with Crippen LogP contribution in [0, 0.1) is 0 Å². The Bertz CT molecular complexity index is 921. The van der Waals surface area contributed by atoms with Gasteiger partial charge in [0.25, 0.3) is 5.91 Å². The highest BCUT2D eigenvalue weighted by Gasteiger charge is 2.11. The molecule has 5 nitrogen and oxygen atoms in total. The molecule has 0 fully saturated rings. The first-order valence-electron chi connectivity index (χ1n) is 9.09. The Labute approximate surface area is 172 Å². The Balaban J connectivity index is 1.41. The van der Waals surface area contributed by atoms with Gasteiger partial charge in [0.15, 0.2) is 10.9 Å². The van der Waals surface area contributed by atoms with Gasteiger partial charge in [0.05, 0.1) is 16.0 Å². The number of benzene rings is 2. The third kappa shape index (κ3) is 5.56. The number of para-hydroxylation sites is 1. The number of carbonyl (C=O) groups excluding carboxylic acids is 2. The van der Waals surface area contributed by atoms with E-state index in [1.165, 1.54) is 28.7 Å². The third-order valence-electron chi connectivity index (χ3n) is 4.33. The first-order chi connectivity index (χ1) is 13.5. The zero-order chi connectivity index (χ0) is 19.9. The maximum atomic E-state index is 12.0. The minimum Gasteiger partial charge on any atom is -0.455 e. The molecule has 0 aliphatic rings. The van der Waals surface area contributed by atoms with Crippen molar-refractivity contribution in [1.29, 1.82) is 0 Å². The van der Waals surface area contributed by atoms with Gasteiger partial charge in [0.2, 0.25) is 0 Å². The summed E-state index contributed by atoms with van der Waals surface area (Å²) in [6.07, 6.45) is 1.07. The summed E-state index contributed by atoms with van der Waals surface area (Å²) in [5.74, 6) is -0.184. The second-order valence-corrected chi connectivity index (χ2v) is 8.63. The first-order valence-corrected chi connectivity index (χ1v) is 10.9. The highest BCUT2D eigenvalue weighted by atomic mass is 32.2. The van der Waals surface area contributed by atoms with Crippen molar-refractivity contribution >= 4 is 50.9 Å². The highest BCUT2D eigenvalue weighted by Crippen LogP contribution is 2.29. The number of nitrogens with zero attached hydrogens (tertiary/aromatic N) is 1. The standard InChI is InChI=1S/C21H22N2O3S2/c1-3-14(2)15-8-10-16(11-9-15)22-19(24)12-26-20(25)13-27-21-23-17-6-4-5-7-18(17)28-21/h4-11,14H,3,12-13H2,1-2H3,(H,22,24)/t14-/m1/s1. The van der Waals surface area contributed by atoms with Crippen LogP contribution >= 0.6 is 23.1 Å². The minimum absolute atomic E-state index is 0.122. The number of thioether (sulfide) groups is 1. The predicted molar refractivity (Wildman–Crippen MR) is 115 cm³/mol. The van der Waals surface area contributed by atoms with Gasteiger partial charge in [-0.05, 0) is 42.2 Å². The quantitative estimate of drug-likeness (QED) is 0.411. The Kier molecular flexibility index (Phi) is 7.06. The number of anilines is 1. The number of thiazole rings is 1. The van der Waals surface area contributed by atoms with Crippen molar-refractivity contribution in [2.75, 3.05) is 17.7 Å². The van der Waals surface area contributed by atoms with Crippen LogP contribution in [0.5, 0.6) is 0 Å². The Hall–Kier alpha value is -2.38. The maximum absolute atomic E-state index is 12.0. The molecule has 1 heterocycles. The molecule has 0 bridgehead atoms. The number of fused-ring (bicyclic) bond motifs is 1. The number of aromatic nitrogens is 1. The molecule has 3 rings (SSSR count). The lowest BCUT2D eigenvalue weighted by atomic mass is 9.99. The molecule has 28 heavy (non-hydrogen) atoms. The van der Waals surface area contributed by atoms with Crippen LogP contribution in [-0.2, 0) is 14.3 Å². The maximum Gasteiger partial charge on any atom is 0.316 e. The van der Waals surface area contributed by atoms with E-state index in [9.17, 15) is 9.59 Å². The zero-order valence-electron chi connectivity index (χ0n) is 15.8. The fourth-order valence-corrected chi connectivity index (χ4v) is 4.42. The van der Waals surface area contributed by atoms with E-state index < -0.39 is 5.97 Å². The van der Waals surface area contributed by atoms with Crippen LogP contribution in [0.1, 0.15) is 31.7 Å². The van der Waals surface area contributed by atoms with Crippen LogP contribution in [0.3, 0.4) is 0 Å². The van der Waals surface area contributed by atoms with E-state index in [2.05, 4.69) is 24.1 Å². The van der Waals surface area contributed by atoms with Crippen LogP contribution in [0.4, 0.5) is 5.69 Å². The summed E-state index contributed by atoms with van der Waals surface area (Å²) in [5, 5.41) is 2.74. The van der Waals surface area contributed by atoms with Crippen LogP contribution in [-0.4, -0.2) is 29.2 Å². The topological polar surface area (TPSA) is 68.3 Å². The van der Waals surface area contributed by atoms with Crippen molar-refractivity contribution in [3.05, 3.63) is 54.1 Å². The summed E-state index contributed by atoms with van der Waals surface area (Å²) in [6, 6.07) is 15.6. The molecule has 0 saturated heterocycles. The van der Waals surface area contributed by atoms with E-state index in [4.69, 9.17) is 4.74 Å². The SMILES string of the molecule is CC[C@@H](C)c1ccc(NC(=O)COC(=O)CSc2nc3ccccc3s2)cc1. The fraction of sp³-hybridized carbons (Fsp3) is 0.286. The van der Waals surface area contributed by atoms with Gasteiger partial charge < -0.3 is 10.1 Å². The number of hydrogen-bond donors (Lipinski definition) is 1. The minimum atomic E-state index is -0.438. The monoisotopic (exact) mass is 414 g/mol. The molecule has 0 aliphatic carbocycles. The molecule has 1 aromatic heterocycles. The predicted octanol–water partition coefficient (Wildman–Crippen LogP) is 5.08. The van der Waals surface area contributed by atoms with Crippen LogP contribution in [0.2, 0.25) is 0 Å². The van der Waals surface area contributed by atoms with Gasteiger partial charge >= 0.3 is 5.97 Å². The largest absolute Gasteiger partial charge is 0.455 e. The lowest BCUT2D eigenvalue weighted by molar-refractivity contribution is -0.144. The molecule has 0 aliphatic heterocycles. The molecule has 0 saturated carbocycles. The normalized spacial score (nSPS) is 11.9. The number of nitrogens with one attached hydrogen (secondary N) is 1. The highest BCUT2D eigenvalue weighted by molar-refractivity contribution is 8.01. The molecule has 0 radical (unpaired) electrons. The lowest BCUT2D eigenvalue weighted by Gasteiger charge is -2.10. The number of esters is 1. The van der Waals surface area contributed by atoms with E-state index >= 15 is 0 Å². The lowest BCUT2D eigenvalue weighted by Crippen LogP contribution is -2.21. The average molecular weight is 415 g/mol. The van der Waals surface area contributed by atoms with Gasteiger partial charge in [0.1, 0.15) is 0 Å². The van der Waals surface area contributed by atoms with Crippen LogP contribution in [0.25, 0.3) is 10.2 Å². The summed E-state index contributed by atoms with van der Waals surface area (Å²) in [6.45, 7) is 4.01. The van der Waals surface area contributed by atoms with Crippen LogP contribution in [0.15, 0.2) is 52.9 Å². The zero-order valence-corrected chi connectivity index (χ0v) is 17.4. The molecular weight excluding hydrogens is 392 g/mol. The molecule has 7 heteroatoms. The Morgan fingerprint density at radius 1 is 1.18 bits per heavy atom. The van der Waals surface area contributed by atoms with E-state index in [1.807, 2.05) is 48.5 Å². The average Bonchev–Trinajstić information content (AvgIpc) is 3.13. The number of hydrogen-bond acceptors (Lipinski definition) is 6. The van der Waals surface area contributed by atoms with Crippen molar-refractivity contribution in [3.8, 4) is 0 Å². The van der Waals surface area contributed by atoms with Crippen molar-refractivity contribution in [3.63, 3.8) is 0 Å². The molecule has 2 aromatic carbocycles. The van der Waals surface area contributed by atoms with Crippen molar-refractivity contribution < 1.29 is 14.3 Å². The van der Waals surface area contributed by atoms with Crippen molar-refractivity contribution in [2.45, 2.75) is 30.5 Å². The van der Waals surface area contributed by atoms with Gasteiger partial charge in [-0.2, -0.15) is 0 Å². The number of carbonyl (C=O) groups is 2. The molecule has 1 N–H and O–H groups in total. The fourth-order valence-electron chi connectivity index (χ4n) is 2.55. The molecule has 1 amide bonds. The smallest absolute Gasteiger partial charge is 0.316 e. The number of amides is 1. The van der Waals surface area contributed by atoms with Crippen LogP contribution < -0.4 is 5.32 Å². The molecular formula is C21H22N2O3S2. The van der Waals surface area contributed by atoms with Gasteiger partial charge in [-0.1, -0.05) is 49.9 Å². The number of rotatable bonds is 8. The Morgan fingerprint density at radius 2 is 1.93 bits per heavy atom. The summed E-state index contributed by atoms with van der Waals surface area (Å²) in [5.41, 5.74) is 2.85. The summed E-state index contributed by atoms with van der Waals surface area (Å²) in [7, 11) is 0. The summed E-state index contributed by atoms with van der Waals surface area (Å²) >= 11 is 2.85. The first kappa shape index (κ1) is 20.4. The van der Waals surface area contributed by atoms with E-state index in [1.54, 1.807) is 0 Å². The van der Waals surface area contributed by atoms with Gasteiger partial charge in [-0.3, -0.25) is 9.59 Å².